The van der Waals surface area contributed by atoms with E-state index in [9.17, 15) is 19.5 Å². The summed E-state index contributed by atoms with van der Waals surface area (Å²) < 4.78 is -0.873. The van der Waals surface area contributed by atoms with E-state index in [4.69, 9.17) is 0 Å². The van der Waals surface area contributed by atoms with E-state index in [1.807, 2.05) is 91.0 Å². The first-order valence-electron chi connectivity index (χ1n) is 15.6. The Hall–Kier alpha value is -3.66. The van der Waals surface area contributed by atoms with Crippen molar-refractivity contribution in [2.75, 3.05) is 24.6 Å². The highest BCUT2D eigenvalue weighted by Gasteiger charge is 2.76. The molecule has 0 aliphatic carbocycles. The molecule has 3 unspecified atom stereocenters. The Morgan fingerprint density at radius 2 is 1.57 bits per heavy atom. The molecule has 2 bridgehead atoms. The number of rotatable bonds is 12. The van der Waals surface area contributed by atoms with Gasteiger partial charge in [-0.25, -0.2) is 0 Å². The topological polar surface area (TPSA) is 81.2 Å². The summed E-state index contributed by atoms with van der Waals surface area (Å²) in [5.41, 5.74) is 2.43. The molecule has 3 aliphatic heterocycles. The molecule has 3 heterocycles. The molecule has 3 amide bonds. The number of carbonyl (C=O) groups is 3. The molecule has 3 aromatic rings. The summed E-state index contributed by atoms with van der Waals surface area (Å²) in [7, 11) is 0. The summed E-state index contributed by atoms with van der Waals surface area (Å²) >= 11 is 5.48. The van der Waals surface area contributed by atoms with E-state index in [1.165, 1.54) is 0 Å². The van der Waals surface area contributed by atoms with Crippen molar-refractivity contribution >= 4 is 51.1 Å². The van der Waals surface area contributed by atoms with E-state index in [-0.39, 0.29) is 47.5 Å². The number of carbonyl (C=O) groups excluding carboxylic acids is 3. The summed E-state index contributed by atoms with van der Waals surface area (Å²) in [5.74, 6) is -2.05. The van der Waals surface area contributed by atoms with Gasteiger partial charge in [0.25, 0.3) is 0 Å². The molecule has 46 heavy (non-hydrogen) atoms. The predicted molar refractivity (Wildman–Crippen MR) is 186 cm³/mol. The van der Waals surface area contributed by atoms with E-state index >= 15 is 0 Å². The smallest absolute Gasteiger partial charge is 0.247 e. The number of hydrogen-bond donors (Lipinski definition) is 1. The highest BCUT2D eigenvalue weighted by atomic mass is 79.9. The number of likely N-dealkylation sites (tertiary alicyclic amines) is 1. The van der Waals surface area contributed by atoms with Crippen LogP contribution >= 0.6 is 27.7 Å². The minimum absolute atomic E-state index is 0.0848. The van der Waals surface area contributed by atoms with Crippen LogP contribution in [0.1, 0.15) is 23.6 Å². The zero-order valence-corrected chi connectivity index (χ0v) is 27.9. The molecular formula is C37H38BrN3O4S. The summed E-state index contributed by atoms with van der Waals surface area (Å²) in [4.78, 5) is 49.5. The van der Waals surface area contributed by atoms with Crippen LogP contribution in [0.4, 0.5) is 5.69 Å². The first-order chi connectivity index (χ1) is 22.4. The van der Waals surface area contributed by atoms with E-state index in [2.05, 4.69) is 29.1 Å². The SMILES string of the molecule is C=CCN(Cc1ccccc1)C(=O)C1N([C@H](CO)c2ccccc2)C(=O)[C@@H]2[C@@H](C(=O)N(CC=C)c3ccccc3)[C@@H]3SC12CC3Br. The third-order valence-corrected chi connectivity index (χ3v) is 12.7. The van der Waals surface area contributed by atoms with Crippen molar-refractivity contribution in [2.45, 2.75) is 39.9 Å². The van der Waals surface area contributed by atoms with Crippen LogP contribution in [0.5, 0.6) is 0 Å². The quantitative estimate of drug-likeness (QED) is 0.196. The maximum Gasteiger partial charge on any atom is 0.247 e. The van der Waals surface area contributed by atoms with Crippen LogP contribution in [0.25, 0.3) is 0 Å². The van der Waals surface area contributed by atoms with Gasteiger partial charge < -0.3 is 19.8 Å². The van der Waals surface area contributed by atoms with Crippen LogP contribution < -0.4 is 4.90 Å². The average Bonchev–Trinajstić information content (AvgIpc) is 3.68. The van der Waals surface area contributed by atoms with E-state index in [1.54, 1.807) is 38.6 Å². The number of aliphatic hydroxyl groups is 1. The van der Waals surface area contributed by atoms with Crippen LogP contribution in [0.2, 0.25) is 0 Å². The third-order valence-electron chi connectivity index (χ3n) is 9.46. The summed E-state index contributed by atoms with van der Waals surface area (Å²) in [6.07, 6.45) is 3.93. The first kappa shape index (κ1) is 32.3. The van der Waals surface area contributed by atoms with Crippen molar-refractivity contribution in [3.8, 4) is 0 Å². The van der Waals surface area contributed by atoms with Crippen molar-refractivity contribution in [1.82, 2.24) is 9.80 Å². The molecule has 3 aromatic carbocycles. The molecule has 3 fully saturated rings. The van der Waals surface area contributed by atoms with Gasteiger partial charge >= 0.3 is 0 Å². The summed E-state index contributed by atoms with van der Waals surface area (Å²) in [6, 6.07) is 26.9. The second kappa shape index (κ2) is 13.6. The molecule has 3 saturated heterocycles. The molecule has 9 heteroatoms. The lowest BCUT2D eigenvalue weighted by molar-refractivity contribution is -0.146. The highest BCUT2D eigenvalue weighted by molar-refractivity contribution is 9.09. The van der Waals surface area contributed by atoms with Gasteiger partial charge in [0.05, 0.1) is 29.2 Å². The Morgan fingerprint density at radius 1 is 0.957 bits per heavy atom. The summed E-state index contributed by atoms with van der Waals surface area (Å²) in [6.45, 7) is 8.38. The Bertz CT molecular complexity index is 1590. The van der Waals surface area contributed by atoms with Crippen molar-refractivity contribution in [3.05, 3.63) is 127 Å². The number of alkyl halides is 1. The maximum absolute atomic E-state index is 15.0. The number of thioether (sulfide) groups is 1. The number of hydrogen-bond acceptors (Lipinski definition) is 5. The van der Waals surface area contributed by atoms with Gasteiger partial charge in [-0.3, -0.25) is 14.4 Å². The number of fused-ring (bicyclic) bond motifs is 1. The molecule has 238 valence electrons. The predicted octanol–water partition coefficient (Wildman–Crippen LogP) is 5.62. The first-order valence-corrected chi connectivity index (χ1v) is 17.4. The molecule has 7 atom stereocenters. The monoisotopic (exact) mass is 699 g/mol. The fourth-order valence-electron chi connectivity index (χ4n) is 7.60. The van der Waals surface area contributed by atoms with Gasteiger partial charge in [0.15, 0.2) is 0 Å². The van der Waals surface area contributed by atoms with Crippen molar-refractivity contribution in [2.24, 2.45) is 11.8 Å². The van der Waals surface area contributed by atoms with Gasteiger partial charge in [-0.05, 0) is 29.7 Å². The molecule has 1 spiro atoms. The molecular weight excluding hydrogens is 662 g/mol. The third kappa shape index (κ3) is 5.52. The largest absolute Gasteiger partial charge is 0.394 e. The molecule has 1 N–H and O–H groups in total. The second-order valence-electron chi connectivity index (χ2n) is 12.1. The molecule has 3 aliphatic rings. The highest BCUT2D eigenvalue weighted by Crippen LogP contribution is 2.69. The standard InChI is InChI=1S/C37H38BrN3O4S/c1-3-20-39(23-25-14-8-5-9-15-25)36(45)33-37-22-28(38)32(46-37)30(34(43)40(21-4-2)27-18-12-7-13-19-27)31(37)35(44)41(33)29(24-42)26-16-10-6-11-17-26/h3-19,28-33,42H,1-2,20-24H2/t28?,29-,30-,31+,32-,33?,37?/m1/s1. The van der Waals surface area contributed by atoms with Crippen LogP contribution in [0.15, 0.2) is 116 Å². The number of para-hydroxylation sites is 1. The fourth-order valence-corrected chi connectivity index (χ4v) is 11.2. The van der Waals surface area contributed by atoms with Crippen molar-refractivity contribution < 1.29 is 19.5 Å². The Morgan fingerprint density at radius 3 is 2.17 bits per heavy atom. The van der Waals surface area contributed by atoms with Crippen LogP contribution in [-0.4, -0.2) is 73.2 Å². The molecule has 7 nitrogen and oxygen atoms in total. The van der Waals surface area contributed by atoms with Crippen LogP contribution in [-0.2, 0) is 20.9 Å². The average molecular weight is 701 g/mol. The number of anilines is 1. The van der Waals surface area contributed by atoms with Gasteiger partial charge in [-0.1, -0.05) is 107 Å². The van der Waals surface area contributed by atoms with E-state index in [0.717, 1.165) is 16.8 Å². The van der Waals surface area contributed by atoms with Crippen molar-refractivity contribution in [1.29, 1.82) is 0 Å². The van der Waals surface area contributed by atoms with E-state index in [0.29, 0.717) is 13.0 Å². The number of amides is 3. The molecule has 0 aromatic heterocycles. The number of aliphatic hydroxyl groups excluding tert-OH is 1. The minimum Gasteiger partial charge on any atom is -0.394 e. The second-order valence-corrected chi connectivity index (χ2v) is 14.8. The lowest BCUT2D eigenvalue weighted by Crippen LogP contribution is -2.56. The lowest BCUT2D eigenvalue weighted by Gasteiger charge is -2.40. The minimum atomic E-state index is -0.900. The molecule has 0 saturated carbocycles. The van der Waals surface area contributed by atoms with Gasteiger partial charge in [0, 0.05) is 35.4 Å². The van der Waals surface area contributed by atoms with E-state index < -0.39 is 28.7 Å². The van der Waals surface area contributed by atoms with Crippen LogP contribution in [0, 0.1) is 11.8 Å². The Balaban J connectivity index is 1.47. The number of halogens is 1. The Kier molecular flexibility index (Phi) is 9.54. The maximum atomic E-state index is 15.0. The zero-order valence-electron chi connectivity index (χ0n) is 25.5. The van der Waals surface area contributed by atoms with Crippen molar-refractivity contribution in [3.63, 3.8) is 0 Å². The normalized spacial score (nSPS) is 26.8. The number of nitrogens with zero attached hydrogens (tertiary/aromatic N) is 3. The molecule has 0 radical (unpaired) electrons. The fraction of sp³-hybridized carbons (Fsp3) is 0.324. The van der Waals surface area contributed by atoms with Crippen LogP contribution in [0.3, 0.4) is 0 Å². The molecule has 6 rings (SSSR count). The van der Waals surface area contributed by atoms with Gasteiger partial charge in [0.2, 0.25) is 17.7 Å². The zero-order chi connectivity index (χ0) is 32.4. The van der Waals surface area contributed by atoms with Gasteiger partial charge in [0.1, 0.15) is 6.04 Å². The van der Waals surface area contributed by atoms with Gasteiger partial charge in [-0.15, -0.1) is 24.9 Å². The van der Waals surface area contributed by atoms with Gasteiger partial charge in [-0.2, -0.15) is 0 Å². The Labute approximate surface area is 283 Å². The lowest BCUT2D eigenvalue weighted by atomic mass is 9.70. The summed E-state index contributed by atoms with van der Waals surface area (Å²) in [5, 5.41) is 10.7. The number of benzene rings is 3.